The van der Waals surface area contributed by atoms with Crippen molar-refractivity contribution in [2.45, 2.75) is 31.2 Å². The Labute approximate surface area is 190 Å². The van der Waals surface area contributed by atoms with Crippen molar-refractivity contribution in [3.63, 3.8) is 0 Å². The Balaban J connectivity index is 1.74. The summed E-state index contributed by atoms with van der Waals surface area (Å²) in [5, 5.41) is 0. The number of para-hydroxylation sites is 1. The van der Waals surface area contributed by atoms with Crippen molar-refractivity contribution in [3.05, 3.63) is 90.0 Å². The average Bonchev–Trinajstić information content (AvgIpc) is 2.78. The first-order valence-corrected chi connectivity index (χ1v) is 13.6. The molecule has 0 aliphatic carbocycles. The molecule has 0 amide bonds. The fraction of sp³-hybridized carbons (Fsp3) is 0.250. The molecular weight excluding hydrogens is 444 g/mol. The summed E-state index contributed by atoms with van der Waals surface area (Å²) < 4.78 is 55.3. The fourth-order valence-corrected chi connectivity index (χ4v) is 7.23. The summed E-state index contributed by atoms with van der Waals surface area (Å²) in [6.07, 6.45) is 1.44. The molecule has 0 spiro atoms. The van der Waals surface area contributed by atoms with E-state index in [1.54, 1.807) is 43.3 Å². The molecule has 4 rings (SSSR count). The van der Waals surface area contributed by atoms with E-state index in [0.29, 0.717) is 29.9 Å². The van der Waals surface area contributed by atoms with Gasteiger partial charge in [-0.05, 0) is 61.2 Å². The van der Waals surface area contributed by atoms with E-state index >= 15 is 0 Å². The van der Waals surface area contributed by atoms with Gasteiger partial charge in [0, 0.05) is 6.54 Å². The van der Waals surface area contributed by atoms with E-state index in [4.69, 9.17) is 0 Å². The van der Waals surface area contributed by atoms with Crippen molar-refractivity contribution in [3.8, 4) is 0 Å². The molecule has 0 aromatic heterocycles. The number of aryl methyl sites for hydroxylation is 1. The maximum atomic E-state index is 13.8. The lowest BCUT2D eigenvalue weighted by Gasteiger charge is -2.29. The number of hydrogen-bond acceptors (Lipinski definition) is 4. The molecular formula is C24H26N2O4S2. The topological polar surface area (TPSA) is 74.8 Å². The summed E-state index contributed by atoms with van der Waals surface area (Å²) in [5.41, 5.74) is 2.46. The van der Waals surface area contributed by atoms with Gasteiger partial charge in [0.15, 0.2) is 0 Å². The second kappa shape index (κ2) is 8.96. The lowest BCUT2D eigenvalue weighted by atomic mass is 10.2. The molecule has 1 aliphatic heterocycles. The lowest BCUT2D eigenvalue weighted by Crippen LogP contribution is -2.38. The molecule has 8 heteroatoms. The molecule has 168 valence electrons. The van der Waals surface area contributed by atoms with Crippen molar-refractivity contribution < 1.29 is 16.8 Å². The van der Waals surface area contributed by atoms with Crippen LogP contribution in [0.2, 0.25) is 0 Å². The molecule has 0 radical (unpaired) electrons. The third-order valence-electron chi connectivity index (χ3n) is 5.58. The van der Waals surface area contributed by atoms with Gasteiger partial charge in [0.1, 0.15) is 0 Å². The van der Waals surface area contributed by atoms with Gasteiger partial charge in [0.25, 0.3) is 10.0 Å². The normalized spacial score (nSPS) is 16.0. The van der Waals surface area contributed by atoms with Crippen LogP contribution in [-0.2, 0) is 26.6 Å². The summed E-state index contributed by atoms with van der Waals surface area (Å²) >= 11 is 0. The maximum absolute atomic E-state index is 13.8. The van der Waals surface area contributed by atoms with Crippen LogP contribution < -0.4 is 8.61 Å². The van der Waals surface area contributed by atoms with Crippen molar-refractivity contribution in [1.29, 1.82) is 0 Å². The van der Waals surface area contributed by atoms with Crippen molar-refractivity contribution in [2.24, 2.45) is 0 Å². The summed E-state index contributed by atoms with van der Waals surface area (Å²) in [6.45, 7) is 2.31. The maximum Gasteiger partial charge on any atom is 0.264 e. The van der Waals surface area contributed by atoms with Crippen LogP contribution in [0.15, 0.2) is 83.8 Å². The first-order chi connectivity index (χ1) is 15.3. The first kappa shape index (κ1) is 22.4. The zero-order valence-corrected chi connectivity index (χ0v) is 19.5. The second-order valence-corrected chi connectivity index (χ2v) is 11.7. The molecule has 1 aliphatic rings. The highest BCUT2D eigenvalue weighted by molar-refractivity contribution is 7.93. The Morgan fingerprint density at radius 2 is 1.56 bits per heavy atom. The first-order valence-electron chi connectivity index (χ1n) is 10.5. The molecule has 0 bridgehead atoms. The van der Waals surface area contributed by atoms with Gasteiger partial charge >= 0.3 is 0 Å². The van der Waals surface area contributed by atoms with Crippen molar-refractivity contribution in [2.75, 3.05) is 20.9 Å². The Kier molecular flexibility index (Phi) is 6.26. The number of rotatable bonds is 6. The standard InChI is InChI=1S/C24H26N2O4S2/c1-20-18-23(25-16-8-9-17-31(25,27)28)14-15-24(20)32(29,30)26(22-12-6-3-7-13-22)19-21-10-4-2-5-11-21/h2-7,10-15,18H,8-9,16-17,19H2,1H3. The minimum absolute atomic E-state index is 0.116. The van der Waals surface area contributed by atoms with Gasteiger partial charge in [-0.25, -0.2) is 16.8 Å². The summed E-state index contributed by atoms with van der Waals surface area (Å²) in [4.78, 5) is 0.162. The summed E-state index contributed by atoms with van der Waals surface area (Å²) in [5.74, 6) is 0.116. The Hall–Kier alpha value is -2.84. The number of anilines is 2. The van der Waals surface area contributed by atoms with Crippen LogP contribution >= 0.6 is 0 Å². The molecule has 1 heterocycles. The van der Waals surface area contributed by atoms with Crippen LogP contribution in [0.5, 0.6) is 0 Å². The third kappa shape index (κ3) is 4.52. The minimum Gasteiger partial charge on any atom is -0.270 e. The minimum atomic E-state index is -3.89. The molecule has 0 atom stereocenters. The van der Waals surface area contributed by atoms with Crippen molar-refractivity contribution in [1.82, 2.24) is 0 Å². The molecule has 3 aromatic carbocycles. The van der Waals surface area contributed by atoms with Crippen LogP contribution in [0.25, 0.3) is 0 Å². The van der Waals surface area contributed by atoms with Crippen LogP contribution in [0, 0.1) is 6.92 Å². The van der Waals surface area contributed by atoms with E-state index in [2.05, 4.69) is 0 Å². The Bertz CT molecular complexity index is 1290. The molecule has 6 nitrogen and oxygen atoms in total. The number of nitrogens with zero attached hydrogens (tertiary/aromatic N) is 2. The van der Waals surface area contributed by atoms with Gasteiger partial charge in [-0.3, -0.25) is 8.61 Å². The number of benzene rings is 3. The molecule has 1 saturated heterocycles. The molecule has 32 heavy (non-hydrogen) atoms. The van der Waals surface area contributed by atoms with E-state index in [1.807, 2.05) is 36.4 Å². The zero-order chi connectivity index (χ0) is 22.8. The van der Waals surface area contributed by atoms with Gasteiger partial charge in [-0.2, -0.15) is 0 Å². The predicted octanol–water partition coefficient (Wildman–Crippen LogP) is 4.32. The monoisotopic (exact) mass is 470 g/mol. The molecule has 1 fully saturated rings. The van der Waals surface area contributed by atoms with E-state index in [1.165, 1.54) is 14.7 Å². The smallest absolute Gasteiger partial charge is 0.264 e. The lowest BCUT2D eigenvalue weighted by molar-refractivity contribution is 0.574. The molecule has 0 N–H and O–H groups in total. The molecule has 0 saturated carbocycles. The van der Waals surface area contributed by atoms with Gasteiger partial charge in [-0.1, -0.05) is 48.5 Å². The van der Waals surface area contributed by atoms with Crippen LogP contribution in [0.3, 0.4) is 0 Å². The summed E-state index contributed by atoms with van der Waals surface area (Å²) in [7, 11) is -7.26. The van der Waals surface area contributed by atoms with Crippen LogP contribution in [0.4, 0.5) is 11.4 Å². The SMILES string of the molecule is Cc1cc(N2CCCCS2(=O)=O)ccc1S(=O)(=O)N(Cc1ccccc1)c1ccccc1. The highest BCUT2D eigenvalue weighted by Crippen LogP contribution is 2.31. The fourth-order valence-electron chi connectivity index (χ4n) is 3.93. The highest BCUT2D eigenvalue weighted by atomic mass is 32.2. The number of sulfonamides is 2. The van der Waals surface area contributed by atoms with E-state index in [-0.39, 0.29) is 17.2 Å². The van der Waals surface area contributed by atoms with Gasteiger partial charge < -0.3 is 0 Å². The van der Waals surface area contributed by atoms with E-state index < -0.39 is 20.0 Å². The average molecular weight is 471 g/mol. The van der Waals surface area contributed by atoms with E-state index in [0.717, 1.165) is 12.0 Å². The predicted molar refractivity (Wildman–Crippen MR) is 128 cm³/mol. The third-order valence-corrected chi connectivity index (χ3v) is 9.38. The van der Waals surface area contributed by atoms with E-state index in [9.17, 15) is 16.8 Å². The highest BCUT2D eigenvalue weighted by Gasteiger charge is 2.30. The molecule has 3 aromatic rings. The number of hydrogen-bond donors (Lipinski definition) is 0. The molecule has 0 unspecified atom stereocenters. The largest absolute Gasteiger partial charge is 0.270 e. The van der Waals surface area contributed by atoms with Crippen molar-refractivity contribution >= 4 is 31.4 Å². The van der Waals surface area contributed by atoms with Gasteiger partial charge in [0.2, 0.25) is 10.0 Å². The van der Waals surface area contributed by atoms with Gasteiger partial charge in [-0.15, -0.1) is 0 Å². The second-order valence-electron chi connectivity index (χ2n) is 7.88. The zero-order valence-electron chi connectivity index (χ0n) is 17.9. The Morgan fingerprint density at radius 3 is 2.19 bits per heavy atom. The Morgan fingerprint density at radius 1 is 0.906 bits per heavy atom. The summed E-state index contributed by atoms with van der Waals surface area (Å²) in [6, 6.07) is 23.2. The quantitative estimate of drug-likeness (QED) is 0.538. The van der Waals surface area contributed by atoms with Crippen LogP contribution in [-0.4, -0.2) is 29.1 Å². The van der Waals surface area contributed by atoms with Gasteiger partial charge in [0.05, 0.1) is 28.6 Å². The van der Waals surface area contributed by atoms with Crippen LogP contribution in [0.1, 0.15) is 24.0 Å².